The van der Waals surface area contributed by atoms with Crippen LogP contribution in [-0.4, -0.2) is 9.97 Å². The third-order valence-electron chi connectivity index (χ3n) is 2.31. The van der Waals surface area contributed by atoms with E-state index in [9.17, 15) is 0 Å². The molecule has 0 spiro atoms. The predicted molar refractivity (Wildman–Crippen MR) is 70.6 cm³/mol. The standard InChI is InChI=1S/C12H10ClN5/c1-7-10(6-14)11(15)18-12(16-7)17-9-4-2-3-8(13)5-9/h2-5H,1H3,(H3,15,16,17,18). The Morgan fingerprint density at radius 3 is 2.78 bits per heavy atom. The number of benzene rings is 1. The molecular formula is C12H10ClN5. The number of hydrogen-bond acceptors (Lipinski definition) is 5. The molecule has 90 valence electrons. The summed E-state index contributed by atoms with van der Waals surface area (Å²) in [7, 11) is 0. The molecule has 5 nitrogen and oxygen atoms in total. The molecule has 0 aliphatic carbocycles. The van der Waals surface area contributed by atoms with Gasteiger partial charge in [0.1, 0.15) is 17.5 Å². The molecule has 0 fully saturated rings. The molecular weight excluding hydrogens is 250 g/mol. The van der Waals surface area contributed by atoms with E-state index in [0.29, 0.717) is 22.2 Å². The molecule has 3 N–H and O–H groups in total. The summed E-state index contributed by atoms with van der Waals surface area (Å²) in [6.07, 6.45) is 0. The summed E-state index contributed by atoms with van der Waals surface area (Å²) in [6, 6.07) is 9.12. The quantitative estimate of drug-likeness (QED) is 0.866. The van der Waals surface area contributed by atoms with Gasteiger partial charge >= 0.3 is 0 Å². The Kier molecular flexibility index (Phi) is 3.31. The minimum absolute atomic E-state index is 0.162. The summed E-state index contributed by atoms with van der Waals surface area (Å²) in [5, 5.41) is 12.5. The Bertz CT molecular complexity index is 610. The number of rotatable bonds is 2. The van der Waals surface area contributed by atoms with Crippen molar-refractivity contribution in [1.29, 1.82) is 5.26 Å². The third kappa shape index (κ3) is 2.50. The Hall–Kier alpha value is -2.32. The summed E-state index contributed by atoms with van der Waals surface area (Å²) in [5.74, 6) is 0.501. The molecule has 0 saturated carbocycles. The zero-order valence-electron chi connectivity index (χ0n) is 9.61. The van der Waals surface area contributed by atoms with E-state index in [2.05, 4.69) is 15.3 Å². The number of hydrogen-bond donors (Lipinski definition) is 2. The lowest BCUT2D eigenvalue weighted by atomic mass is 10.2. The number of aromatic nitrogens is 2. The van der Waals surface area contributed by atoms with Crippen LogP contribution in [0.1, 0.15) is 11.3 Å². The third-order valence-corrected chi connectivity index (χ3v) is 2.55. The predicted octanol–water partition coefficient (Wildman–Crippen LogP) is 2.64. The average Bonchev–Trinajstić information content (AvgIpc) is 2.28. The largest absolute Gasteiger partial charge is 0.382 e. The molecule has 0 aliphatic rings. The second kappa shape index (κ2) is 4.90. The van der Waals surface area contributed by atoms with E-state index >= 15 is 0 Å². The van der Waals surface area contributed by atoms with Crippen LogP contribution in [-0.2, 0) is 0 Å². The molecule has 2 rings (SSSR count). The molecule has 0 bridgehead atoms. The highest BCUT2D eigenvalue weighted by Crippen LogP contribution is 2.20. The zero-order valence-corrected chi connectivity index (χ0v) is 10.4. The van der Waals surface area contributed by atoms with Crippen LogP contribution in [0.5, 0.6) is 0 Å². The van der Waals surface area contributed by atoms with Gasteiger partial charge < -0.3 is 11.1 Å². The first-order chi connectivity index (χ1) is 8.60. The normalized spacial score (nSPS) is 9.83. The molecule has 1 aromatic heterocycles. The van der Waals surface area contributed by atoms with Gasteiger partial charge in [-0.1, -0.05) is 17.7 Å². The Balaban J connectivity index is 2.34. The van der Waals surface area contributed by atoms with Crippen LogP contribution in [0, 0.1) is 18.3 Å². The molecule has 0 unspecified atom stereocenters. The van der Waals surface area contributed by atoms with E-state index in [1.807, 2.05) is 18.2 Å². The number of aryl methyl sites for hydroxylation is 1. The van der Waals surface area contributed by atoms with Crippen molar-refractivity contribution >= 4 is 29.1 Å². The van der Waals surface area contributed by atoms with Gasteiger partial charge in [-0.25, -0.2) is 4.98 Å². The van der Waals surface area contributed by atoms with E-state index < -0.39 is 0 Å². The van der Waals surface area contributed by atoms with Crippen LogP contribution >= 0.6 is 11.6 Å². The molecule has 1 heterocycles. The van der Waals surface area contributed by atoms with Crippen LogP contribution in [0.2, 0.25) is 5.02 Å². The molecule has 6 heteroatoms. The van der Waals surface area contributed by atoms with Gasteiger partial charge in [-0.2, -0.15) is 10.2 Å². The number of halogens is 1. The first-order valence-corrected chi connectivity index (χ1v) is 5.55. The van der Waals surface area contributed by atoms with Gasteiger partial charge in [0.25, 0.3) is 0 Å². The van der Waals surface area contributed by atoms with Gasteiger partial charge in [0.15, 0.2) is 0 Å². The van der Waals surface area contributed by atoms with Gasteiger partial charge in [-0.3, -0.25) is 0 Å². The lowest BCUT2D eigenvalue weighted by molar-refractivity contribution is 1.10. The second-order valence-corrected chi connectivity index (χ2v) is 4.08. The molecule has 0 amide bonds. The molecule has 18 heavy (non-hydrogen) atoms. The van der Waals surface area contributed by atoms with Gasteiger partial charge in [0.05, 0.1) is 5.69 Å². The summed E-state index contributed by atoms with van der Waals surface area (Å²) < 4.78 is 0. The highest BCUT2D eigenvalue weighted by atomic mass is 35.5. The van der Waals surface area contributed by atoms with Crippen LogP contribution in [0.4, 0.5) is 17.5 Å². The van der Waals surface area contributed by atoms with Gasteiger partial charge in [-0.15, -0.1) is 0 Å². The molecule has 0 saturated heterocycles. The maximum Gasteiger partial charge on any atom is 0.229 e. The SMILES string of the molecule is Cc1nc(Nc2cccc(Cl)c2)nc(N)c1C#N. The number of nitrogen functional groups attached to an aromatic ring is 1. The summed E-state index contributed by atoms with van der Waals surface area (Å²) in [5.41, 5.74) is 7.27. The van der Waals surface area contributed by atoms with E-state index in [-0.39, 0.29) is 5.82 Å². The van der Waals surface area contributed by atoms with E-state index in [4.69, 9.17) is 22.6 Å². The van der Waals surface area contributed by atoms with E-state index in [0.717, 1.165) is 5.69 Å². The average molecular weight is 260 g/mol. The Morgan fingerprint density at radius 1 is 1.39 bits per heavy atom. The van der Waals surface area contributed by atoms with Crippen molar-refractivity contribution in [3.8, 4) is 6.07 Å². The Labute approximate surface area is 109 Å². The Morgan fingerprint density at radius 2 is 2.17 bits per heavy atom. The smallest absolute Gasteiger partial charge is 0.229 e. The highest BCUT2D eigenvalue weighted by Gasteiger charge is 2.08. The number of nitrogens with two attached hydrogens (primary N) is 1. The fourth-order valence-electron chi connectivity index (χ4n) is 1.48. The van der Waals surface area contributed by atoms with Crippen LogP contribution in [0.3, 0.4) is 0 Å². The lowest BCUT2D eigenvalue weighted by Crippen LogP contribution is -2.05. The van der Waals surface area contributed by atoms with Crippen LogP contribution in [0.15, 0.2) is 24.3 Å². The highest BCUT2D eigenvalue weighted by molar-refractivity contribution is 6.30. The molecule has 0 aliphatic heterocycles. The van der Waals surface area contributed by atoms with Gasteiger partial charge in [-0.05, 0) is 25.1 Å². The van der Waals surface area contributed by atoms with Crippen molar-refractivity contribution in [3.05, 3.63) is 40.5 Å². The van der Waals surface area contributed by atoms with E-state index in [1.165, 1.54) is 0 Å². The van der Waals surface area contributed by atoms with Crippen molar-refractivity contribution in [3.63, 3.8) is 0 Å². The van der Waals surface area contributed by atoms with Crippen molar-refractivity contribution in [2.24, 2.45) is 0 Å². The fourth-order valence-corrected chi connectivity index (χ4v) is 1.67. The molecule has 2 aromatic rings. The molecule has 0 radical (unpaired) electrons. The van der Waals surface area contributed by atoms with Gasteiger partial charge in [0.2, 0.25) is 5.95 Å². The monoisotopic (exact) mass is 259 g/mol. The molecule has 0 atom stereocenters. The minimum Gasteiger partial charge on any atom is -0.382 e. The minimum atomic E-state index is 0.162. The number of nitriles is 1. The number of nitrogens with one attached hydrogen (secondary N) is 1. The summed E-state index contributed by atoms with van der Waals surface area (Å²) >= 11 is 5.87. The topological polar surface area (TPSA) is 87.6 Å². The van der Waals surface area contributed by atoms with Gasteiger partial charge in [0, 0.05) is 10.7 Å². The lowest BCUT2D eigenvalue weighted by Gasteiger charge is -2.07. The maximum atomic E-state index is 8.87. The summed E-state index contributed by atoms with van der Waals surface area (Å²) in [6.45, 7) is 1.71. The maximum absolute atomic E-state index is 8.87. The van der Waals surface area contributed by atoms with Crippen molar-refractivity contribution in [1.82, 2.24) is 9.97 Å². The van der Waals surface area contributed by atoms with Crippen molar-refractivity contribution in [2.75, 3.05) is 11.1 Å². The van der Waals surface area contributed by atoms with Crippen molar-refractivity contribution < 1.29 is 0 Å². The zero-order chi connectivity index (χ0) is 13.1. The van der Waals surface area contributed by atoms with E-state index in [1.54, 1.807) is 19.1 Å². The van der Waals surface area contributed by atoms with Crippen LogP contribution < -0.4 is 11.1 Å². The fraction of sp³-hybridized carbons (Fsp3) is 0.0833. The van der Waals surface area contributed by atoms with Crippen molar-refractivity contribution in [2.45, 2.75) is 6.92 Å². The summed E-state index contributed by atoms with van der Waals surface area (Å²) in [4.78, 5) is 8.18. The first-order valence-electron chi connectivity index (χ1n) is 5.17. The number of anilines is 3. The molecule has 1 aromatic carbocycles. The first kappa shape index (κ1) is 12.1. The van der Waals surface area contributed by atoms with Crippen LogP contribution in [0.25, 0.3) is 0 Å². The number of nitrogens with zero attached hydrogens (tertiary/aromatic N) is 3. The second-order valence-electron chi connectivity index (χ2n) is 3.64.